The number of benzene rings is 1. The lowest BCUT2D eigenvalue weighted by molar-refractivity contribution is 0.231. The van der Waals surface area contributed by atoms with Crippen molar-refractivity contribution in [2.45, 2.75) is 0 Å². The van der Waals surface area contributed by atoms with Crippen molar-refractivity contribution >= 4 is 40.5 Å². The molecule has 1 saturated heterocycles. The number of anilines is 2. The first-order valence-electron chi connectivity index (χ1n) is 8.70. The first-order chi connectivity index (χ1) is 12.7. The fourth-order valence-corrected chi connectivity index (χ4v) is 3.67. The standard InChI is InChI=1S/C20H24N4OS/c1-21-19-15-22-10-9-17(19)6-3-16-4-7-18(8-5-16)23(2)11-12-24-13-14-26-20(24)25/h3-10,15,21H,11-14H2,1-2H3/b6-3+. The molecule has 0 unspecified atom stereocenters. The number of hydrogen-bond acceptors (Lipinski definition) is 5. The highest BCUT2D eigenvalue weighted by atomic mass is 32.2. The number of nitrogens with zero attached hydrogens (tertiary/aromatic N) is 3. The molecule has 26 heavy (non-hydrogen) atoms. The molecule has 1 aromatic carbocycles. The summed E-state index contributed by atoms with van der Waals surface area (Å²) in [6.45, 7) is 2.48. The Labute approximate surface area is 159 Å². The number of carbonyl (C=O) groups excluding carboxylic acids is 1. The van der Waals surface area contributed by atoms with Gasteiger partial charge in [0.25, 0.3) is 5.24 Å². The van der Waals surface area contributed by atoms with Gasteiger partial charge in [-0.05, 0) is 23.8 Å². The molecule has 0 radical (unpaired) electrons. The van der Waals surface area contributed by atoms with Gasteiger partial charge in [-0.3, -0.25) is 9.78 Å². The molecular formula is C20H24N4OS. The Balaban J connectivity index is 1.59. The van der Waals surface area contributed by atoms with Crippen LogP contribution in [0.15, 0.2) is 42.7 Å². The summed E-state index contributed by atoms with van der Waals surface area (Å²) >= 11 is 1.41. The number of thioether (sulfide) groups is 1. The van der Waals surface area contributed by atoms with Gasteiger partial charge >= 0.3 is 0 Å². The molecule has 1 amide bonds. The summed E-state index contributed by atoms with van der Waals surface area (Å²) in [6, 6.07) is 10.4. The van der Waals surface area contributed by atoms with Gasteiger partial charge in [-0.1, -0.05) is 36.0 Å². The Morgan fingerprint density at radius 1 is 1.27 bits per heavy atom. The van der Waals surface area contributed by atoms with E-state index < -0.39 is 0 Å². The van der Waals surface area contributed by atoms with Gasteiger partial charge < -0.3 is 15.1 Å². The number of aromatic nitrogens is 1. The molecule has 2 heterocycles. The van der Waals surface area contributed by atoms with E-state index in [1.165, 1.54) is 11.8 Å². The minimum Gasteiger partial charge on any atom is -0.386 e. The lowest BCUT2D eigenvalue weighted by Gasteiger charge is -2.23. The van der Waals surface area contributed by atoms with Crippen molar-refractivity contribution in [3.05, 3.63) is 53.9 Å². The Morgan fingerprint density at radius 2 is 2.08 bits per heavy atom. The molecule has 0 atom stereocenters. The van der Waals surface area contributed by atoms with Crippen LogP contribution in [0.3, 0.4) is 0 Å². The van der Waals surface area contributed by atoms with Crippen LogP contribution in [0.2, 0.25) is 0 Å². The molecule has 1 fully saturated rings. The van der Waals surface area contributed by atoms with Crippen molar-refractivity contribution in [1.29, 1.82) is 0 Å². The number of rotatable bonds is 7. The van der Waals surface area contributed by atoms with Crippen LogP contribution >= 0.6 is 11.8 Å². The maximum atomic E-state index is 11.7. The van der Waals surface area contributed by atoms with Gasteiger partial charge in [-0.15, -0.1) is 0 Å². The average Bonchev–Trinajstić information content (AvgIpc) is 3.10. The van der Waals surface area contributed by atoms with Crippen molar-refractivity contribution in [2.24, 2.45) is 0 Å². The third-order valence-corrected chi connectivity index (χ3v) is 5.36. The normalized spacial score (nSPS) is 14.2. The van der Waals surface area contributed by atoms with Crippen molar-refractivity contribution < 1.29 is 4.79 Å². The fraction of sp³-hybridized carbons (Fsp3) is 0.300. The third kappa shape index (κ3) is 4.58. The van der Waals surface area contributed by atoms with Crippen LogP contribution in [0.25, 0.3) is 12.2 Å². The largest absolute Gasteiger partial charge is 0.386 e. The molecule has 6 heteroatoms. The number of carbonyl (C=O) groups is 1. The first kappa shape index (κ1) is 18.3. The van der Waals surface area contributed by atoms with E-state index in [0.717, 1.165) is 47.9 Å². The second kappa shape index (κ2) is 8.76. The molecule has 0 aliphatic carbocycles. The van der Waals surface area contributed by atoms with E-state index in [9.17, 15) is 4.79 Å². The fourth-order valence-electron chi connectivity index (χ4n) is 2.81. The van der Waals surface area contributed by atoms with E-state index in [1.54, 1.807) is 6.20 Å². The monoisotopic (exact) mass is 368 g/mol. The second-order valence-corrected chi connectivity index (χ2v) is 7.21. The summed E-state index contributed by atoms with van der Waals surface area (Å²) in [5.41, 5.74) is 4.42. The highest BCUT2D eigenvalue weighted by molar-refractivity contribution is 8.13. The highest BCUT2D eigenvalue weighted by Crippen LogP contribution is 2.20. The van der Waals surface area contributed by atoms with Gasteiger partial charge in [0.1, 0.15) is 0 Å². The van der Waals surface area contributed by atoms with Crippen LogP contribution in [-0.4, -0.2) is 54.6 Å². The minimum absolute atomic E-state index is 0.205. The summed E-state index contributed by atoms with van der Waals surface area (Å²) in [4.78, 5) is 19.9. The van der Waals surface area contributed by atoms with Gasteiger partial charge in [0.2, 0.25) is 0 Å². The van der Waals surface area contributed by atoms with Gasteiger partial charge in [0, 0.05) is 56.9 Å². The molecule has 0 saturated carbocycles. The zero-order chi connectivity index (χ0) is 18.4. The van der Waals surface area contributed by atoms with E-state index in [0.29, 0.717) is 0 Å². The molecule has 5 nitrogen and oxygen atoms in total. The molecule has 136 valence electrons. The molecule has 3 rings (SSSR count). The van der Waals surface area contributed by atoms with Crippen LogP contribution in [0.1, 0.15) is 11.1 Å². The zero-order valence-corrected chi connectivity index (χ0v) is 16.0. The summed E-state index contributed by atoms with van der Waals surface area (Å²) in [7, 11) is 3.96. The van der Waals surface area contributed by atoms with Crippen LogP contribution in [0.5, 0.6) is 0 Å². The van der Waals surface area contributed by atoms with E-state index in [1.807, 2.05) is 24.2 Å². The van der Waals surface area contributed by atoms with Crippen molar-refractivity contribution in [3.8, 4) is 0 Å². The summed E-state index contributed by atoms with van der Waals surface area (Å²) in [6.07, 6.45) is 7.80. The second-order valence-electron chi connectivity index (χ2n) is 6.16. The van der Waals surface area contributed by atoms with E-state index in [4.69, 9.17) is 0 Å². The lowest BCUT2D eigenvalue weighted by atomic mass is 10.1. The summed E-state index contributed by atoms with van der Waals surface area (Å²) < 4.78 is 0. The Bertz CT molecular complexity index is 776. The van der Waals surface area contributed by atoms with E-state index in [2.05, 4.69) is 58.7 Å². The maximum Gasteiger partial charge on any atom is 0.281 e. The van der Waals surface area contributed by atoms with Crippen LogP contribution in [0.4, 0.5) is 16.2 Å². The Hall–Kier alpha value is -2.47. The highest BCUT2D eigenvalue weighted by Gasteiger charge is 2.20. The number of pyridine rings is 1. The summed E-state index contributed by atoms with van der Waals surface area (Å²) in [5.74, 6) is 0.913. The van der Waals surface area contributed by atoms with Crippen LogP contribution in [-0.2, 0) is 0 Å². The lowest BCUT2D eigenvalue weighted by Crippen LogP contribution is -2.33. The first-order valence-corrected chi connectivity index (χ1v) is 9.68. The molecule has 0 bridgehead atoms. The van der Waals surface area contributed by atoms with Gasteiger partial charge in [0.15, 0.2) is 0 Å². The SMILES string of the molecule is CNc1cnccc1/C=C/c1ccc(N(C)CCN2CCSC2=O)cc1. The van der Waals surface area contributed by atoms with Gasteiger partial charge in [-0.25, -0.2) is 0 Å². The number of nitrogens with one attached hydrogen (secondary N) is 1. The van der Waals surface area contributed by atoms with Crippen molar-refractivity contribution in [3.63, 3.8) is 0 Å². The molecule has 1 N–H and O–H groups in total. The predicted octanol–water partition coefficient (Wildman–Crippen LogP) is 3.90. The quantitative estimate of drug-likeness (QED) is 0.803. The number of amides is 1. The zero-order valence-electron chi connectivity index (χ0n) is 15.2. The minimum atomic E-state index is 0.205. The molecule has 2 aromatic rings. The van der Waals surface area contributed by atoms with Crippen molar-refractivity contribution in [2.75, 3.05) is 49.7 Å². The smallest absolute Gasteiger partial charge is 0.281 e. The van der Waals surface area contributed by atoms with Crippen molar-refractivity contribution in [1.82, 2.24) is 9.88 Å². The Kier molecular flexibility index (Phi) is 6.17. The van der Waals surface area contributed by atoms with E-state index in [-0.39, 0.29) is 5.24 Å². The third-order valence-electron chi connectivity index (χ3n) is 4.46. The molecule has 1 aliphatic rings. The summed E-state index contributed by atoms with van der Waals surface area (Å²) in [5, 5.41) is 3.35. The Morgan fingerprint density at radius 3 is 2.77 bits per heavy atom. The maximum absolute atomic E-state index is 11.7. The topological polar surface area (TPSA) is 48.5 Å². The molecule has 1 aliphatic heterocycles. The van der Waals surface area contributed by atoms with Crippen LogP contribution in [0, 0.1) is 0 Å². The van der Waals surface area contributed by atoms with Crippen LogP contribution < -0.4 is 10.2 Å². The molecule has 1 aromatic heterocycles. The van der Waals surface area contributed by atoms with Gasteiger partial charge in [0.05, 0.1) is 11.9 Å². The van der Waals surface area contributed by atoms with Gasteiger partial charge in [-0.2, -0.15) is 0 Å². The number of hydrogen-bond donors (Lipinski definition) is 1. The van der Waals surface area contributed by atoms with E-state index >= 15 is 0 Å². The average molecular weight is 369 g/mol. The number of likely N-dealkylation sites (N-methyl/N-ethyl adjacent to an activating group) is 1. The molecule has 0 spiro atoms. The predicted molar refractivity (Wildman–Crippen MR) is 112 cm³/mol. The molecular weight excluding hydrogens is 344 g/mol.